The summed E-state index contributed by atoms with van der Waals surface area (Å²) >= 11 is 0. The van der Waals surface area contributed by atoms with Crippen LogP contribution in [-0.2, 0) is 9.59 Å². The summed E-state index contributed by atoms with van der Waals surface area (Å²) in [6.07, 6.45) is 1.80. The predicted molar refractivity (Wildman–Crippen MR) is 122 cm³/mol. The van der Waals surface area contributed by atoms with Crippen LogP contribution < -0.4 is 4.90 Å². The number of aromatic nitrogens is 1. The van der Waals surface area contributed by atoms with Gasteiger partial charge in [0.15, 0.2) is 0 Å². The average molecular weight is 419 g/mol. The van der Waals surface area contributed by atoms with E-state index in [1.807, 2.05) is 57.2 Å². The summed E-state index contributed by atoms with van der Waals surface area (Å²) in [6, 6.07) is 11.9. The van der Waals surface area contributed by atoms with Crippen LogP contribution in [0.25, 0.3) is 5.57 Å². The lowest BCUT2D eigenvalue weighted by molar-refractivity contribution is -0.138. The molecule has 2 aliphatic rings. The molecule has 0 saturated carbocycles. The van der Waals surface area contributed by atoms with Crippen molar-refractivity contribution in [3.05, 3.63) is 65.0 Å². The third-order valence-corrected chi connectivity index (χ3v) is 6.06. The minimum absolute atomic E-state index is 0.168. The number of amides is 2. The molecule has 0 bridgehead atoms. The summed E-state index contributed by atoms with van der Waals surface area (Å²) in [5, 5.41) is 0. The van der Waals surface area contributed by atoms with Crippen molar-refractivity contribution in [3.8, 4) is 0 Å². The molecule has 1 fully saturated rings. The maximum atomic E-state index is 13.4. The van der Waals surface area contributed by atoms with E-state index in [-0.39, 0.29) is 17.7 Å². The maximum Gasteiger partial charge on any atom is 0.277 e. The first-order chi connectivity index (χ1) is 14.9. The van der Waals surface area contributed by atoms with Gasteiger partial charge in [-0.1, -0.05) is 38.1 Å². The molecule has 3 heterocycles. The van der Waals surface area contributed by atoms with Crippen LogP contribution in [0.5, 0.6) is 0 Å². The Morgan fingerprint density at radius 1 is 0.903 bits per heavy atom. The molecule has 0 atom stereocenters. The molecule has 2 aliphatic heterocycles. The molecular weight excluding hydrogens is 388 g/mol. The summed E-state index contributed by atoms with van der Waals surface area (Å²) in [4.78, 5) is 37.0. The lowest BCUT2D eigenvalue weighted by atomic mass is 9.99. The summed E-state index contributed by atoms with van der Waals surface area (Å²) in [5.74, 6) is 0.817. The van der Waals surface area contributed by atoms with Crippen molar-refractivity contribution in [2.75, 3.05) is 37.6 Å². The van der Waals surface area contributed by atoms with E-state index in [4.69, 9.17) is 0 Å². The summed E-state index contributed by atoms with van der Waals surface area (Å²) in [7, 11) is 0. The molecule has 6 heteroatoms. The van der Waals surface area contributed by atoms with Gasteiger partial charge in [-0.25, -0.2) is 4.98 Å². The van der Waals surface area contributed by atoms with Gasteiger partial charge in [0.2, 0.25) is 0 Å². The van der Waals surface area contributed by atoms with Crippen LogP contribution >= 0.6 is 0 Å². The van der Waals surface area contributed by atoms with Gasteiger partial charge in [0.05, 0.1) is 5.57 Å². The Kier molecular flexibility index (Phi) is 5.81. The third-order valence-electron chi connectivity index (χ3n) is 6.06. The van der Waals surface area contributed by atoms with Gasteiger partial charge >= 0.3 is 0 Å². The van der Waals surface area contributed by atoms with Gasteiger partial charge < -0.3 is 9.80 Å². The van der Waals surface area contributed by atoms with Crippen LogP contribution in [-0.4, -0.2) is 59.3 Å². The van der Waals surface area contributed by atoms with E-state index < -0.39 is 0 Å². The lowest BCUT2D eigenvalue weighted by Gasteiger charge is -2.37. The molecule has 1 aromatic heterocycles. The van der Waals surface area contributed by atoms with Crippen LogP contribution in [0.15, 0.2) is 48.3 Å². The first kappa shape index (κ1) is 21.1. The molecule has 1 aromatic carbocycles. The Morgan fingerprint density at radius 2 is 1.61 bits per heavy atom. The van der Waals surface area contributed by atoms with Crippen molar-refractivity contribution in [2.45, 2.75) is 27.7 Å². The number of piperazine rings is 1. The fourth-order valence-corrected chi connectivity index (χ4v) is 4.24. The molecule has 0 aliphatic carbocycles. The Balaban J connectivity index is 1.67. The van der Waals surface area contributed by atoms with Crippen LogP contribution in [0.2, 0.25) is 0 Å². The number of imide groups is 1. The van der Waals surface area contributed by atoms with Crippen LogP contribution in [0.4, 0.5) is 5.82 Å². The van der Waals surface area contributed by atoms with Gasteiger partial charge in [-0.2, -0.15) is 0 Å². The number of anilines is 1. The average Bonchev–Trinajstić information content (AvgIpc) is 3.01. The summed E-state index contributed by atoms with van der Waals surface area (Å²) < 4.78 is 0. The smallest absolute Gasteiger partial charge is 0.277 e. The SMILES string of the molecule is Cc1ccc(C2=C(N3CCN(c4ccccn4)CC3)C(=O)N(CC(C)C)C2=O)cc1C. The first-order valence-corrected chi connectivity index (χ1v) is 11.0. The van der Waals surface area contributed by atoms with Crippen molar-refractivity contribution in [1.29, 1.82) is 0 Å². The number of benzene rings is 1. The number of hydrogen-bond acceptors (Lipinski definition) is 5. The molecule has 1 saturated heterocycles. The van der Waals surface area contributed by atoms with Crippen LogP contribution in [0.3, 0.4) is 0 Å². The Morgan fingerprint density at radius 3 is 2.23 bits per heavy atom. The maximum absolute atomic E-state index is 13.4. The molecule has 31 heavy (non-hydrogen) atoms. The van der Waals surface area contributed by atoms with E-state index >= 15 is 0 Å². The normalized spacial score (nSPS) is 17.4. The zero-order valence-corrected chi connectivity index (χ0v) is 18.8. The van der Waals surface area contributed by atoms with E-state index in [1.165, 1.54) is 10.5 Å². The molecule has 162 valence electrons. The summed E-state index contributed by atoms with van der Waals surface area (Å²) in [5.41, 5.74) is 4.21. The third kappa shape index (κ3) is 4.07. The number of carbonyl (C=O) groups is 2. The van der Waals surface area contributed by atoms with Crippen molar-refractivity contribution >= 4 is 23.2 Å². The molecule has 2 amide bonds. The topological polar surface area (TPSA) is 56.8 Å². The second-order valence-electron chi connectivity index (χ2n) is 8.80. The largest absolute Gasteiger partial charge is 0.363 e. The van der Waals surface area contributed by atoms with Gasteiger partial charge in [-0.3, -0.25) is 14.5 Å². The second-order valence-corrected chi connectivity index (χ2v) is 8.80. The van der Waals surface area contributed by atoms with E-state index in [9.17, 15) is 9.59 Å². The van der Waals surface area contributed by atoms with Crippen LogP contribution in [0.1, 0.15) is 30.5 Å². The highest BCUT2D eigenvalue weighted by Crippen LogP contribution is 2.33. The Hall–Kier alpha value is -3.15. The highest BCUT2D eigenvalue weighted by molar-refractivity contribution is 6.35. The molecule has 0 spiro atoms. The number of hydrogen-bond donors (Lipinski definition) is 0. The van der Waals surface area contributed by atoms with Gasteiger partial charge in [0, 0.05) is 38.9 Å². The predicted octanol–water partition coefficient (Wildman–Crippen LogP) is 3.26. The number of nitrogens with zero attached hydrogens (tertiary/aromatic N) is 4. The second kappa shape index (κ2) is 8.53. The number of rotatable bonds is 5. The fraction of sp³-hybridized carbons (Fsp3) is 0.400. The van der Waals surface area contributed by atoms with Crippen molar-refractivity contribution in [1.82, 2.24) is 14.8 Å². The van der Waals surface area contributed by atoms with Crippen molar-refractivity contribution < 1.29 is 9.59 Å². The molecule has 6 nitrogen and oxygen atoms in total. The van der Waals surface area contributed by atoms with E-state index in [0.29, 0.717) is 30.9 Å². The first-order valence-electron chi connectivity index (χ1n) is 11.0. The molecule has 2 aromatic rings. The van der Waals surface area contributed by atoms with Gasteiger partial charge in [0.1, 0.15) is 11.5 Å². The fourth-order valence-electron chi connectivity index (χ4n) is 4.24. The Bertz CT molecular complexity index is 1020. The van der Waals surface area contributed by atoms with E-state index in [0.717, 1.165) is 30.0 Å². The Labute approximate surface area is 184 Å². The van der Waals surface area contributed by atoms with Gasteiger partial charge in [-0.05, 0) is 48.6 Å². The van der Waals surface area contributed by atoms with E-state index in [1.54, 1.807) is 6.20 Å². The van der Waals surface area contributed by atoms with Crippen LogP contribution in [0, 0.1) is 19.8 Å². The standard InChI is InChI=1S/C25H30N4O2/c1-17(2)16-29-24(30)22(20-9-8-18(3)19(4)15-20)23(25(29)31)28-13-11-27(12-14-28)21-7-5-6-10-26-21/h5-10,15,17H,11-14,16H2,1-4H3. The number of pyridine rings is 1. The van der Waals surface area contributed by atoms with Gasteiger partial charge in [0.25, 0.3) is 11.8 Å². The minimum atomic E-state index is -0.177. The summed E-state index contributed by atoms with van der Waals surface area (Å²) in [6.45, 7) is 11.4. The quantitative estimate of drug-likeness (QED) is 0.698. The molecule has 0 N–H and O–H groups in total. The molecular formula is C25H30N4O2. The van der Waals surface area contributed by atoms with Gasteiger partial charge in [-0.15, -0.1) is 0 Å². The zero-order valence-electron chi connectivity index (χ0n) is 18.8. The molecule has 0 radical (unpaired) electrons. The minimum Gasteiger partial charge on any atom is -0.363 e. The lowest BCUT2D eigenvalue weighted by Crippen LogP contribution is -2.48. The number of carbonyl (C=O) groups excluding carboxylic acids is 2. The molecule has 4 rings (SSSR count). The van der Waals surface area contributed by atoms with E-state index in [2.05, 4.69) is 21.7 Å². The monoisotopic (exact) mass is 418 g/mol. The highest BCUT2D eigenvalue weighted by atomic mass is 16.2. The molecule has 0 unspecified atom stereocenters. The van der Waals surface area contributed by atoms with Crippen molar-refractivity contribution in [3.63, 3.8) is 0 Å². The van der Waals surface area contributed by atoms with Crippen molar-refractivity contribution in [2.24, 2.45) is 5.92 Å². The highest BCUT2D eigenvalue weighted by Gasteiger charge is 2.42. The number of aryl methyl sites for hydroxylation is 2. The zero-order chi connectivity index (χ0) is 22.1.